The molecule has 1 amide bonds. The Labute approximate surface area is 159 Å². The molecule has 1 aliphatic carbocycles. The number of hydrogen-bond acceptors (Lipinski definition) is 4. The molecule has 1 heterocycles. The van der Waals surface area contributed by atoms with Crippen molar-refractivity contribution >= 4 is 46.4 Å². The number of amides is 1. The number of aromatic nitrogens is 1. The zero-order valence-electron chi connectivity index (χ0n) is 13.5. The molecule has 8 heteroatoms. The Hall–Kier alpha value is -1.63. The second-order valence-corrected chi connectivity index (χ2v) is 8.06. The number of carboxylic acids is 1. The Bertz CT molecular complexity index is 832. The molecule has 0 saturated heterocycles. The summed E-state index contributed by atoms with van der Waals surface area (Å²) < 4.78 is 0. The zero-order chi connectivity index (χ0) is 18.3. The average molecular weight is 399 g/mol. The Kier molecular flexibility index (Phi) is 5.04. The summed E-state index contributed by atoms with van der Waals surface area (Å²) in [5.74, 6) is -1.09. The second kappa shape index (κ2) is 6.94. The molecule has 3 rings (SSSR count). The van der Waals surface area contributed by atoms with E-state index in [0.29, 0.717) is 20.7 Å². The van der Waals surface area contributed by atoms with Crippen LogP contribution in [0.5, 0.6) is 0 Å². The van der Waals surface area contributed by atoms with Crippen molar-refractivity contribution in [3.63, 3.8) is 0 Å². The van der Waals surface area contributed by atoms with E-state index in [-0.39, 0.29) is 28.7 Å². The van der Waals surface area contributed by atoms with Gasteiger partial charge >= 0.3 is 5.97 Å². The van der Waals surface area contributed by atoms with E-state index in [9.17, 15) is 9.59 Å². The Morgan fingerprint density at radius 1 is 1.32 bits per heavy atom. The maximum absolute atomic E-state index is 12.5. The lowest BCUT2D eigenvalue weighted by atomic mass is 10.1. The first-order chi connectivity index (χ1) is 11.8. The fourth-order valence-electron chi connectivity index (χ4n) is 2.83. The van der Waals surface area contributed by atoms with Gasteiger partial charge in [0.15, 0.2) is 0 Å². The lowest BCUT2D eigenvalue weighted by Crippen LogP contribution is -2.28. The van der Waals surface area contributed by atoms with Gasteiger partial charge in [-0.15, -0.1) is 11.3 Å². The van der Waals surface area contributed by atoms with Crippen LogP contribution in [0.15, 0.2) is 18.2 Å². The predicted molar refractivity (Wildman–Crippen MR) is 97.7 cm³/mol. The maximum Gasteiger partial charge on any atom is 0.347 e. The lowest BCUT2D eigenvalue weighted by Gasteiger charge is -2.11. The van der Waals surface area contributed by atoms with Crippen molar-refractivity contribution in [3.05, 3.63) is 49.4 Å². The molecule has 0 radical (unpaired) electrons. The summed E-state index contributed by atoms with van der Waals surface area (Å²) >= 11 is 13.1. The number of hydrogen-bond donors (Lipinski definition) is 2. The number of aryl methyl sites for hydroxylation is 1. The van der Waals surface area contributed by atoms with Crippen LogP contribution in [0.3, 0.4) is 0 Å². The van der Waals surface area contributed by atoms with Crippen LogP contribution in [0.2, 0.25) is 10.0 Å². The molecular formula is C17H16Cl2N2O3S. The monoisotopic (exact) mass is 398 g/mol. The minimum absolute atomic E-state index is 0.0710. The second-order valence-electron chi connectivity index (χ2n) is 6.15. The van der Waals surface area contributed by atoms with Crippen molar-refractivity contribution in [3.8, 4) is 0 Å². The summed E-state index contributed by atoms with van der Waals surface area (Å²) in [4.78, 5) is 28.0. The first-order valence-electron chi connectivity index (χ1n) is 7.73. The molecular weight excluding hydrogens is 383 g/mol. The summed E-state index contributed by atoms with van der Waals surface area (Å²) in [6, 6.07) is 4.99. The van der Waals surface area contributed by atoms with Crippen molar-refractivity contribution in [2.45, 2.75) is 32.2 Å². The van der Waals surface area contributed by atoms with E-state index >= 15 is 0 Å². The zero-order valence-corrected chi connectivity index (χ0v) is 15.9. The van der Waals surface area contributed by atoms with E-state index in [1.165, 1.54) is 0 Å². The Morgan fingerprint density at radius 2 is 1.96 bits per heavy atom. The van der Waals surface area contributed by atoms with Crippen LogP contribution in [0.4, 0.5) is 0 Å². The fourth-order valence-corrected chi connectivity index (χ4v) is 4.28. The van der Waals surface area contributed by atoms with Crippen molar-refractivity contribution in [1.82, 2.24) is 10.3 Å². The number of benzene rings is 1. The van der Waals surface area contributed by atoms with E-state index in [1.807, 2.05) is 12.1 Å². The molecule has 5 nitrogen and oxygen atoms in total. The Balaban J connectivity index is 1.65. The van der Waals surface area contributed by atoms with Gasteiger partial charge in [-0.05, 0) is 49.9 Å². The smallest absolute Gasteiger partial charge is 0.347 e. The summed E-state index contributed by atoms with van der Waals surface area (Å²) in [5, 5.41) is 13.7. The molecule has 25 heavy (non-hydrogen) atoms. The molecule has 1 saturated carbocycles. The third kappa shape index (κ3) is 3.97. The normalized spacial score (nSPS) is 20.2. The molecule has 3 atom stereocenters. The van der Waals surface area contributed by atoms with E-state index in [1.54, 1.807) is 19.9 Å². The molecule has 1 aliphatic rings. The minimum atomic E-state index is -1.00. The summed E-state index contributed by atoms with van der Waals surface area (Å²) in [7, 11) is 0. The molecule has 1 aromatic carbocycles. The quantitative estimate of drug-likeness (QED) is 0.779. The van der Waals surface area contributed by atoms with Crippen LogP contribution < -0.4 is 5.32 Å². The van der Waals surface area contributed by atoms with Gasteiger partial charge in [-0.1, -0.05) is 23.2 Å². The topological polar surface area (TPSA) is 79.3 Å². The highest BCUT2D eigenvalue weighted by atomic mass is 35.5. The standard InChI is InChI=1S/C17H16Cl2N2O3S/c1-7-14(17(23)24)25-16(21-7)8(2)20-15(22)13-6-12(13)9-3-10(18)5-11(19)4-9/h3-5,8,12-13H,6H2,1-2H3,(H,20,22)(H,23,24). The number of thiazole rings is 1. The number of carboxylic acid groups (broad SMARTS) is 1. The van der Waals surface area contributed by atoms with Crippen molar-refractivity contribution in [2.24, 2.45) is 5.92 Å². The SMILES string of the molecule is Cc1nc(C(C)NC(=O)C2CC2c2cc(Cl)cc(Cl)c2)sc1C(=O)O. The van der Waals surface area contributed by atoms with Gasteiger partial charge in [0.1, 0.15) is 9.88 Å². The Morgan fingerprint density at radius 3 is 2.52 bits per heavy atom. The van der Waals surface area contributed by atoms with Crippen LogP contribution in [0, 0.1) is 12.8 Å². The average Bonchev–Trinajstić information content (AvgIpc) is 3.22. The summed E-state index contributed by atoms with van der Waals surface area (Å²) in [6.45, 7) is 3.45. The van der Waals surface area contributed by atoms with Gasteiger partial charge in [0.2, 0.25) is 5.91 Å². The van der Waals surface area contributed by atoms with E-state index < -0.39 is 5.97 Å². The summed E-state index contributed by atoms with van der Waals surface area (Å²) in [6.07, 6.45) is 0.743. The number of nitrogens with zero attached hydrogens (tertiary/aromatic N) is 1. The molecule has 2 aromatic rings. The highest BCUT2D eigenvalue weighted by Crippen LogP contribution is 2.48. The van der Waals surface area contributed by atoms with E-state index in [0.717, 1.165) is 23.3 Å². The van der Waals surface area contributed by atoms with Gasteiger partial charge in [-0.25, -0.2) is 9.78 Å². The fraction of sp³-hybridized carbons (Fsp3) is 0.353. The lowest BCUT2D eigenvalue weighted by molar-refractivity contribution is -0.123. The minimum Gasteiger partial charge on any atom is -0.477 e. The van der Waals surface area contributed by atoms with Gasteiger partial charge < -0.3 is 10.4 Å². The molecule has 132 valence electrons. The predicted octanol–water partition coefficient (Wildman–Crippen LogP) is 4.44. The molecule has 1 fully saturated rings. The first kappa shape index (κ1) is 18.2. The molecule has 2 N–H and O–H groups in total. The largest absolute Gasteiger partial charge is 0.477 e. The number of nitrogens with one attached hydrogen (secondary N) is 1. The van der Waals surface area contributed by atoms with Crippen molar-refractivity contribution in [1.29, 1.82) is 0 Å². The van der Waals surface area contributed by atoms with E-state index in [2.05, 4.69) is 10.3 Å². The van der Waals surface area contributed by atoms with E-state index in [4.69, 9.17) is 28.3 Å². The van der Waals surface area contributed by atoms with Gasteiger partial charge in [-0.3, -0.25) is 4.79 Å². The highest BCUT2D eigenvalue weighted by molar-refractivity contribution is 7.13. The van der Waals surface area contributed by atoms with Crippen molar-refractivity contribution in [2.75, 3.05) is 0 Å². The van der Waals surface area contributed by atoms with Crippen LogP contribution in [-0.4, -0.2) is 22.0 Å². The van der Waals surface area contributed by atoms with Crippen LogP contribution in [0.1, 0.15) is 51.2 Å². The highest BCUT2D eigenvalue weighted by Gasteiger charge is 2.44. The third-order valence-electron chi connectivity index (χ3n) is 4.18. The van der Waals surface area contributed by atoms with Gasteiger partial charge in [-0.2, -0.15) is 0 Å². The molecule has 0 aliphatic heterocycles. The molecule has 0 spiro atoms. The molecule has 0 bridgehead atoms. The van der Waals surface area contributed by atoms with Crippen LogP contribution in [-0.2, 0) is 4.79 Å². The number of rotatable bonds is 5. The number of halogens is 2. The van der Waals surface area contributed by atoms with Gasteiger partial charge in [0, 0.05) is 16.0 Å². The van der Waals surface area contributed by atoms with Crippen molar-refractivity contribution < 1.29 is 14.7 Å². The van der Waals surface area contributed by atoms with Crippen LogP contribution in [0.25, 0.3) is 0 Å². The third-order valence-corrected chi connectivity index (χ3v) is 5.94. The summed E-state index contributed by atoms with van der Waals surface area (Å²) in [5.41, 5.74) is 1.43. The number of carbonyl (C=O) groups excluding carboxylic acids is 1. The maximum atomic E-state index is 12.5. The first-order valence-corrected chi connectivity index (χ1v) is 9.30. The van der Waals surface area contributed by atoms with Gasteiger partial charge in [0.25, 0.3) is 0 Å². The van der Waals surface area contributed by atoms with Crippen LogP contribution >= 0.6 is 34.5 Å². The van der Waals surface area contributed by atoms with Gasteiger partial charge in [0.05, 0.1) is 11.7 Å². The molecule has 1 aromatic heterocycles. The number of carbonyl (C=O) groups is 2. The number of aromatic carboxylic acids is 1. The molecule has 3 unspecified atom stereocenters.